The summed E-state index contributed by atoms with van der Waals surface area (Å²) < 4.78 is 0. The van der Waals surface area contributed by atoms with Crippen LogP contribution in [0, 0.1) is 0 Å². The first-order chi connectivity index (χ1) is 6.02. The van der Waals surface area contributed by atoms with Crippen LogP contribution in [0.1, 0.15) is 20.3 Å². The topological polar surface area (TPSA) is 40.6 Å². The minimum Gasteiger partial charge on any atom is -0.341 e. The van der Waals surface area contributed by atoms with E-state index in [0.717, 1.165) is 13.0 Å². The van der Waals surface area contributed by atoms with E-state index in [4.69, 9.17) is 0 Å². The monoisotopic (exact) mass is 184 g/mol. The molecule has 0 bridgehead atoms. The third-order valence-corrected chi connectivity index (χ3v) is 2.65. The van der Waals surface area contributed by atoms with Gasteiger partial charge in [-0.2, -0.15) is 0 Å². The fourth-order valence-electron chi connectivity index (χ4n) is 1.60. The standard InChI is InChI=1S/C9H16N2O2/c1-7(12)10(3)9-4-5-11(6-9)8(2)13/h9H,4-6H2,1-3H3. The second-order valence-corrected chi connectivity index (χ2v) is 3.54. The molecule has 0 N–H and O–H groups in total. The van der Waals surface area contributed by atoms with Crippen LogP contribution in [0.3, 0.4) is 0 Å². The van der Waals surface area contributed by atoms with Gasteiger partial charge >= 0.3 is 0 Å². The van der Waals surface area contributed by atoms with Gasteiger partial charge in [-0.25, -0.2) is 0 Å². The molecule has 13 heavy (non-hydrogen) atoms. The normalized spacial score (nSPS) is 21.8. The molecule has 74 valence electrons. The van der Waals surface area contributed by atoms with Crippen molar-refractivity contribution in [2.24, 2.45) is 0 Å². The molecule has 0 radical (unpaired) electrons. The smallest absolute Gasteiger partial charge is 0.219 e. The first kappa shape index (κ1) is 10.0. The van der Waals surface area contributed by atoms with Crippen molar-refractivity contribution >= 4 is 11.8 Å². The fourth-order valence-corrected chi connectivity index (χ4v) is 1.60. The van der Waals surface area contributed by atoms with Gasteiger partial charge in [0.15, 0.2) is 0 Å². The predicted octanol–water partition coefficient (Wildman–Crippen LogP) is 0.0855. The summed E-state index contributed by atoms with van der Waals surface area (Å²) in [6, 6.07) is 0.210. The molecular weight excluding hydrogens is 168 g/mol. The third kappa shape index (κ3) is 2.20. The van der Waals surface area contributed by atoms with E-state index in [-0.39, 0.29) is 17.9 Å². The molecule has 1 aliphatic rings. The number of carbonyl (C=O) groups excluding carboxylic acids is 2. The van der Waals surface area contributed by atoms with E-state index in [1.165, 1.54) is 0 Å². The summed E-state index contributed by atoms with van der Waals surface area (Å²) in [5, 5.41) is 0. The molecule has 1 rings (SSSR count). The SMILES string of the molecule is CC(=O)N1CCC(N(C)C(C)=O)C1. The molecular formula is C9H16N2O2. The number of amides is 2. The van der Waals surface area contributed by atoms with Gasteiger partial charge in [0.05, 0.1) is 6.04 Å². The highest BCUT2D eigenvalue weighted by molar-refractivity contribution is 5.75. The number of carbonyl (C=O) groups is 2. The van der Waals surface area contributed by atoms with Crippen molar-refractivity contribution in [3.63, 3.8) is 0 Å². The van der Waals surface area contributed by atoms with Crippen LogP contribution in [0.25, 0.3) is 0 Å². The zero-order valence-corrected chi connectivity index (χ0v) is 8.41. The van der Waals surface area contributed by atoms with Crippen molar-refractivity contribution in [2.45, 2.75) is 26.3 Å². The Kier molecular flexibility index (Phi) is 2.90. The van der Waals surface area contributed by atoms with Crippen LogP contribution in [0.5, 0.6) is 0 Å². The highest BCUT2D eigenvalue weighted by Crippen LogP contribution is 2.14. The number of hydrogen-bond acceptors (Lipinski definition) is 2. The molecule has 0 saturated carbocycles. The van der Waals surface area contributed by atoms with Gasteiger partial charge in [-0.1, -0.05) is 0 Å². The molecule has 4 heteroatoms. The molecule has 2 amide bonds. The number of hydrogen-bond donors (Lipinski definition) is 0. The molecule has 0 spiro atoms. The number of likely N-dealkylation sites (tertiary alicyclic amines) is 1. The van der Waals surface area contributed by atoms with Crippen LogP contribution in [-0.2, 0) is 9.59 Å². The molecule has 0 aromatic heterocycles. The second-order valence-electron chi connectivity index (χ2n) is 3.54. The Morgan fingerprint density at radius 3 is 2.38 bits per heavy atom. The first-order valence-electron chi connectivity index (χ1n) is 4.51. The van der Waals surface area contributed by atoms with E-state index in [1.807, 2.05) is 0 Å². The molecule has 1 unspecified atom stereocenters. The van der Waals surface area contributed by atoms with E-state index < -0.39 is 0 Å². The van der Waals surface area contributed by atoms with Gasteiger partial charge < -0.3 is 9.80 Å². The molecule has 0 aliphatic carbocycles. The maximum absolute atomic E-state index is 11.0. The predicted molar refractivity (Wildman–Crippen MR) is 49.1 cm³/mol. The van der Waals surface area contributed by atoms with Crippen molar-refractivity contribution in [2.75, 3.05) is 20.1 Å². The lowest BCUT2D eigenvalue weighted by Crippen LogP contribution is -2.38. The van der Waals surface area contributed by atoms with Crippen LogP contribution < -0.4 is 0 Å². The molecule has 0 aromatic rings. The van der Waals surface area contributed by atoms with Crippen molar-refractivity contribution in [3.05, 3.63) is 0 Å². The Balaban J connectivity index is 2.49. The van der Waals surface area contributed by atoms with Crippen LogP contribution in [0.15, 0.2) is 0 Å². The lowest BCUT2D eigenvalue weighted by Gasteiger charge is -2.23. The van der Waals surface area contributed by atoms with Gasteiger partial charge in [0, 0.05) is 34.0 Å². The molecule has 1 heterocycles. The number of nitrogens with zero attached hydrogens (tertiary/aromatic N) is 2. The molecule has 1 fully saturated rings. The van der Waals surface area contributed by atoms with Crippen LogP contribution in [-0.4, -0.2) is 47.8 Å². The van der Waals surface area contributed by atoms with Crippen molar-refractivity contribution in [1.82, 2.24) is 9.80 Å². The summed E-state index contributed by atoms with van der Waals surface area (Å²) in [5.74, 6) is 0.162. The van der Waals surface area contributed by atoms with Gasteiger partial charge in [0.25, 0.3) is 0 Å². The highest BCUT2D eigenvalue weighted by Gasteiger charge is 2.27. The minimum atomic E-state index is 0.0652. The van der Waals surface area contributed by atoms with Crippen molar-refractivity contribution in [1.29, 1.82) is 0 Å². The van der Waals surface area contributed by atoms with Gasteiger partial charge in [0.1, 0.15) is 0 Å². The fraction of sp³-hybridized carbons (Fsp3) is 0.778. The summed E-state index contributed by atoms with van der Waals surface area (Å²) in [6.45, 7) is 4.58. The Morgan fingerprint density at radius 1 is 1.38 bits per heavy atom. The summed E-state index contributed by atoms with van der Waals surface area (Å²) >= 11 is 0. The van der Waals surface area contributed by atoms with E-state index in [1.54, 1.807) is 30.7 Å². The number of rotatable bonds is 1. The summed E-state index contributed by atoms with van der Waals surface area (Å²) in [7, 11) is 1.79. The van der Waals surface area contributed by atoms with Gasteiger partial charge in [-0.15, -0.1) is 0 Å². The first-order valence-corrected chi connectivity index (χ1v) is 4.51. The van der Waals surface area contributed by atoms with Gasteiger partial charge in [-0.05, 0) is 6.42 Å². The quantitative estimate of drug-likeness (QED) is 0.579. The maximum Gasteiger partial charge on any atom is 0.219 e. The molecule has 0 aromatic carbocycles. The molecule has 4 nitrogen and oxygen atoms in total. The highest BCUT2D eigenvalue weighted by atomic mass is 16.2. The molecule has 1 aliphatic heterocycles. The Hall–Kier alpha value is -1.06. The average Bonchev–Trinajstić information content (AvgIpc) is 2.50. The van der Waals surface area contributed by atoms with Crippen LogP contribution in [0.2, 0.25) is 0 Å². The summed E-state index contributed by atoms with van der Waals surface area (Å²) in [5.41, 5.74) is 0. The second kappa shape index (κ2) is 3.77. The van der Waals surface area contributed by atoms with E-state index in [0.29, 0.717) is 6.54 Å². The minimum absolute atomic E-state index is 0.0652. The zero-order chi connectivity index (χ0) is 10.0. The Bertz CT molecular complexity index is 228. The Labute approximate surface area is 78.5 Å². The summed E-state index contributed by atoms with van der Waals surface area (Å²) in [4.78, 5) is 25.5. The van der Waals surface area contributed by atoms with E-state index >= 15 is 0 Å². The molecule has 1 saturated heterocycles. The molecule has 1 atom stereocenters. The number of likely N-dealkylation sites (N-methyl/N-ethyl adjacent to an activating group) is 1. The lowest BCUT2D eigenvalue weighted by atomic mass is 10.2. The summed E-state index contributed by atoms with van der Waals surface area (Å²) in [6.07, 6.45) is 0.898. The van der Waals surface area contributed by atoms with Crippen molar-refractivity contribution in [3.8, 4) is 0 Å². The largest absolute Gasteiger partial charge is 0.341 e. The maximum atomic E-state index is 11.0. The van der Waals surface area contributed by atoms with Crippen LogP contribution >= 0.6 is 0 Å². The lowest BCUT2D eigenvalue weighted by molar-refractivity contribution is -0.131. The van der Waals surface area contributed by atoms with E-state index in [2.05, 4.69) is 0 Å². The van der Waals surface area contributed by atoms with Crippen molar-refractivity contribution < 1.29 is 9.59 Å². The van der Waals surface area contributed by atoms with Gasteiger partial charge in [0.2, 0.25) is 11.8 Å². The van der Waals surface area contributed by atoms with Gasteiger partial charge in [-0.3, -0.25) is 9.59 Å². The van der Waals surface area contributed by atoms with E-state index in [9.17, 15) is 9.59 Å². The Morgan fingerprint density at radius 2 is 2.00 bits per heavy atom. The van der Waals surface area contributed by atoms with Crippen LogP contribution in [0.4, 0.5) is 0 Å². The average molecular weight is 184 g/mol. The third-order valence-electron chi connectivity index (χ3n) is 2.65. The zero-order valence-electron chi connectivity index (χ0n) is 8.41.